The van der Waals surface area contributed by atoms with Crippen molar-refractivity contribution in [3.8, 4) is 0 Å². The van der Waals surface area contributed by atoms with Crippen LogP contribution in [0.25, 0.3) is 0 Å². The number of carbonyl (C=O) groups excluding carboxylic acids is 2. The van der Waals surface area contributed by atoms with E-state index in [9.17, 15) is 14.0 Å². The van der Waals surface area contributed by atoms with Gasteiger partial charge in [0, 0.05) is 37.1 Å². The van der Waals surface area contributed by atoms with Gasteiger partial charge in [-0.15, -0.1) is 23.2 Å². The molecule has 1 amide bonds. The fourth-order valence-corrected chi connectivity index (χ4v) is 3.35. The maximum absolute atomic E-state index is 12.9. The van der Waals surface area contributed by atoms with E-state index >= 15 is 0 Å². The third kappa shape index (κ3) is 11.9. The van der Waals surface area contributed by atoms with Crippen molar-refractivity contribution < 1.29 is 18.7 Å². The monoisotopic (exact) mass is 499 g/mol. The number of amides is 1. The Morgan fingerprint density at radius 2 is 1.67 bits per heavy atom. The van der Waals surface area contributed by atoms with Gasteiger partial charge >= 0.3 is 0 Å². The van der Waals surface area contributed by atoms with Crippen LogP contribution in [-0.4, -0.2) is 56.4 Å². The van der Waals surface area contributed by atoms with Crippen molar-refractivity contribution >= 4 is 41.3 Å². The van der Waals surface area contributed by atoms with Crippen LogP contribution in [0.2, 0.25) is 0 Å². The molecule has 182 valence electrons. The minimum atomic E-state index is -0.624. The maximum atomic E-state index is 12.9. The van der Waals surface area contributed by atoms with Crippen LogP contribution in [0.5, 0.6) is 0 Å². The zero-order chi connectivity index (χ0) is 24.5. The van der Waals surface area contributed by atoms with Crippen LogP contribution >= 0.6 is 23.2 Å². The van der Waals surface area contributed by atoms with Gasteiger partial charge in [0.05, 0.1) is 12.6 Å². The summed E-state index contributed by atoms with van der Waals surface area (Å²) in [5, 5.41) is 2.83. The molecule has 0 radical (unpaired) electrons. The summed E-state index contributed by atoms with van der Waals surface area (Å²) < 4.78 is 17.0. The second kappa shape index (κ2) is 17.2. The molecule has 0 aliphatic heterocycles. The number of nitrogens with zero attached hydrogens (tertiary/aromatic N) is 1. The predicted octanol–water partition coefficient (Wildman–Crippen LogP) is 3.52. The highest BCUT2D eigenvalue weighted by Crippen LogP contribution is 2.16. The van der Waals surface area contributed by atoms with E-state index in [1.54, 1.807) is 19.1 Å². The molecule has 0 heterocycles. The lowest BCUT2D eigenvalue weighted by molar-refractivity contribution is -0.128. The van der Waals surface area contributed by atoms with Gasteiger partial charge in [-0.3, -0.25) is 9.59 Å². The molecule has 33 heavy (non-hydrogen) atoms. The fraction of sp³-hybridized carbons (Fsp3) is 0.417. The highest BCUT2D eigenvalue weighted by molar-refractivity contribution is 6.18. The van der Waals surface area contributed by atoms with Gasteiger partial charge in [-0.2, -0.15) is 0 Å². The summed E-state index contributed by atoms with van der Waals surface area (Å²) in [6.07, 6.45) is 1.08. The molecule has 2 aromatic carbocycles. The van der Waals surface area contributed by atoms with Crippen molar-refractivity contribution in [3.63, 3.8) is 0 Å². The van der Waals surface area contributed by atoms with E-state index in [0.717, 1.165) is 29.9 Å². The number of ether oxygens (including phenoxy) is 1. The number of hydrogen-bond acceptors (Lipinski definition) is 5. The molecule has 2 aromatic rings. The second-order valence-corrected chi connectivity index (χ2v) is 7.82. The number of alkyl halides is 2. The zero-order valence-corrected chi connectivity index (χ0v) is 20.3. The van der Waals surface area contributed by atoms with E-state index in [-0.39, 0.29) is 11.7 Å². The van der Waals surface area contributed by atoms with E-state index in [0.29, 0.717) is 44.2 Å². The van der Waals surface area contributed by atoms with Gasteiger partial charge in [0.25, 0.3) is 6.47 Å². The van der Waals surface area contributed by atoms with E-state index in [4.69, 9.17) is 28.9 Å². The Labute approximate surface area is 205 Å². The minimum absolute atomic E-state index is 0.197. The second-order valence-electron chi connectivity index (χ2n) is 7.06. The average molecular weight is 500 g/mol. The van der Waals surface area contributed by atoms with Crippen molar-refractivity contribution in [2.24, 2.45) is 5.73 Å². The standard InChI is InChI=1S/C21H26Cl2FN3O.C3H6O2/c22-10-13-27(14-11-23)19-7-3-17(4-8-19)15-20(25)21(28)26-12-9-16-1-5-18(24)6-2-16;1-2-5-3-4/h1-8,20H,9-15,25H2,(H,26,28);3H,2H2,1H3. The lowest BCUT2D eigenvalue weighted by atomic mass is 10.1. The first-order chi connectivity index (χ1) is 15.9. The summed E-state index contributed by atoms with van der Waals surface area (Å²) in [7, 11) is 0. The number of rotatable bonds is 13. The predicted molar refractivity (Wildman–Crippen MR) is 133 cm³/mol. The number of hydrogen-bond donors (Lipinski definition) is 2. The lowest BCUT2D eigenvalue weighted by Crippen LogP contribution is -2.42. The number of benzene rings is 2. The largest absolute Gasteiger partial charge is 0.468 e. The molecule has 6 nitrogen and oxygen atoms in total. The average Bonchev–Trinajstić information content (AvgIpc) is 2.81. The molecule has 0 saturated carbocycles. The first-order valence-corrected chi connectivity index (χ1v) is 11.8. The van der Waals surface area contributed by atoms with Crippen LogP contribution in [0.15, 0.2) is 48.5 Å². The Bertz CT molecular complexity index is 802. The Kier molecular flexibility index (Phi) is 14.9. The van der Waals surface area contributed by atoms with Gasteiger partial charge in [-0.25, -0.2) is 4.39 Å². The number of carbonyl (C=O) groups is 2. The van der Waals surface area contributed by atoms with E-state index < -0.39 is 6.04 Å². The molecule has 1 atom stereocenters. The van der Waals surface area contributed by atoms with E-state index in [2.05, 4.69) is 15.0 Å². The van der Waals surface area contributed by atoms with E-state index in [1.165, 1.54) is 12.1 Å². The Morgan fingerprint density at radius 3 is 2.15 bits per heavy atom. The van der Waals surface area contributed by atoms with Crippen LogP contribution in [0.4, 0.5) is 10.1 Å². The molecule has 3 N–H and O–H groups in total. The third-order valence-electron chi connectivity index (χ3n) is 4.66. The van der Waals surface area contributed by atoms with Gasteiger partial charge in [-0.1, -0.05) is 24.3 Å². The van der Waals surface area contributed by atoms with Gasteiger partial charge < -0.3 is 20.7 Å². The van der Waals surface area contributed by atoms with Gasteiger partial charge in [-0.05, 0) is 55.2 Å². The summed E-state index contributed by atoms with van der Waals surface area (Å²) in [6.45, 7) is 4.58. The molecule has 0 aliphatic carbocycles. The molecular weight excluding hydrogens is 468 g/mol. The maximum Gasteiger partial charge on any atom is 0.293 e. The number of anilines is 1. The topological polar surface area (TPSA) is 84.7 Å². The summed E-state index contributed by atoms with van der Waals surface area (Å²) in [4.78, 5) is 23.5. The van der Waals surface area contributed by atoms with E-state index in [1.807, 2.05) is 24.3 Å². The molecule has 0 saturated heterocycles. The molecule has 0 spiro atoms. The summed E-state index contributed by atoms with van der Waals surface area (Å²) >= 11 is 11.7. The Morgan fingerprint density at radius 1 is 1.09 bits per heavy atom. The highest BCUT2D eigenvalue weighted by Gasteiger charge is 2.14. The molecule has 2 rings (SSSR count). The zero-order valence-electron chi connectivity index (χ0n) is 18.8. The highest BCUT2D eigenvalue weighted by atomic mass is 35.5. The summed E-state index contributed by atoms with van der Waals surface area (Å²) in [6, 6.07) is 13.5. The van der Waals surface area contributed by atoms with Crippen LogP contribution < -0.4 is 16.0 Å². The van der Waals surface area contributed by atoms with Crippen molar-refractivity contribution in [2.75, 3.05) is 42.9 Å². The molecule has 0 aliphatic rings. The van der Waals surface area contributed by atoms with Crippen molar-refractivity contribution in [3.05, 3.63) is 65.5 Å². The normalized spacial score (nSPS) is 11.1. The first-order valence-electron chi connectivity index (χ1n) is 10.7. The molecule has 9 heteroatoms. The molecule has 0 fully saturated rings. The fourth-order valence-electron chi connectivity index (χ4n) is 2.94. The quantitative estimate of drug-likeness (QED) is 0.325. The summed E-state index contributed by atoms with van der Waals surface area (Å²) in [5.41, 5.74) is 9.03. The van der Waals surface area contributed by atoms with Crippen molar-refractivity contribution in [1.29, 1.82) is 0 Å². The molecule has 0 bridgehead atoms. The van der Waals surface area contributed by atoms with Crippen molar-refractivity contribution in [2.45, 2.75) is 25.8 Å². The summed E-state index contributed by atoms with van der Waals surface area (Å²) in [5.74, 6) is 0.592. The van der Waals surface area contributed by atoms with Crippen LogP contribution in [-0.2, 0) is 27.2 Å². The molecule has 1 unspecified atom stereocenters. The first kappa shape index (κ1) is 28.7. The molecule has 0 aromatic heterocycles. The SMILES string of the molecule is CCOC=O.NC(Cc1ccc(N(CCCl)CCCl)cc1)C(=O)NCCc1ccc(F)cc1. The Balaban J connectivity index is 0.000000981. The van der Waals surface area contributed by atoms with Crippen LogP contribution in [0.3, 0.4) is 0 Å². The molecular formula is C24H32Cl2FN3O3. The third-order valence-corrected chi connectivity index (χ3v) is 5.00. The number of nitrogens with one attached hydrogen (secondary N) is 1. The minimum Gasteiger partial charge on any atom is -0.468 e. The Hall–Kier alpha value is -2.35. The number of nitrogens with two attached hydrogens (primary N) is 1. The van der Waals surface area contributed by atoms with Crippen LogP contribution in [0.1, 0.15) is 18.1 Å². The van der Waals surface area contributed by atoms with Gasteiger partial charge in [0.2, 0.25) is 5.91 Å². The lowest BCUT2D eigenvalue weighted by Gasteiger charge is -2.23. The van der Waals surface area contributed by atoms with Gasteiger partial charge in [0.15, 0.2) is 0 Å². The smallest absolute Gasteiger partial charge is 0.293 e. The van der Waals surface area contributed by atoms with Crippen molar-refractivity contribution in [1.82, 2.24) is 5.32 Å². The number of halogens is 3. The van der Waals surface area contributed by atoms with Crippen LogP contribution in [0, 0.1) is 5.82 Å². The van der Waals surface area contributed by atoms with Gasteiger partial charge in [0.1, 0.15) is 5.82 Å².